The third kappa shape index (κ3) is 20.5. The first-order valence-electron chi connectivity index (χ1n) is 13.2. The van der Waals surface area contributed by atoms with E-state index in [1.54, 1.807) is 0 Å². The fourth-order valence-corrected chi connectivity index (χ4v) is 4.06. The lowest BCUT2D eigenvalue weighted by Crippen LogP contribution is -2.31. The van der Waals surface area contributed by atoms with Crippen LogP contribution in [0.4, 0.5) is 0 Å². The standard InChI is InChI=1S/C26H54N2O/c1-4-6-8-17-21-25(22-18-9-7-5-2)26(29)28-24-20-16-14-12-10-11-13-15-19-23-27-3/h25,27H,4-24H2,1-3H3,(H,28,29). The highest BCUT2D eigenvalue weighted by Gasteiger charge is 2.17. The summed E-state index contributed by atoms with van der Waals surface area (Å²) in [7, 11) is 2.03. The van der Waals surface area contributed by atoms with Crippen LogP contribution in [0, 0.1) is 5.92 Å². The number of amides is 1. The molecule has 0 rings (SSSR count). The van der Waals surface area contributed by atoms with E-state index in [9.17, 15) is 4.79 Å². The summed E-state index contributed by atoms with van der Waals surface area (Å²) in [5, 5.41) is 6.46. The number of hydrogen-bond donors (Lipinski definition) is 2. The zero-order valence-electron chi connectivity index (χ0n) is 20.3. The van der Waals surface area contributed by atoms with Gasteiger partial charge in [-0.2, -0.15) is 0 Å². The molecule has 0 saturated carbocycles. The van der Waals surface area contributed by atoms with Crippen LogP contribution < -0.4 is 10.6 Å². The second kappa shape index (κ2) is 23.7. The van der Waals surface area contributed by atoms with Gasteiger partial charge in [-0.05, 0) is 39.3 Å². The molecule has 29 heavy (non-hydrogen) atoms. The predicted octanol–water partition coefficient (Wildman–Crippen LogP) is 7.39. The van der Waals surface area contributed by atoms with Gasteiger partial charge in [-0.3, -0.25) is 4.79 Å². The molecule has 0 aromatic carbocycles. The largest absolute Gasteiger partial charge is 0.356 e. The van der Waals surface area contributed by atoms with Gasteiger partial charge >= 0.3 is 0 Å². The van der Waals surface area contributed by atoms with Crippen molar-refractivity contribution in [2.45, 2.75) is 136 Å². The van der Waals surface area contributed by atoms with Crippen molar-refractivity contribution in [2.75, 3.05) is 20.1 Å². The van der Waals surface area contributed by atoms with Gasteiger partial charge in [0.25, 0.3) is 0 Å². The Morgan fingerprint density at radius 2 is 1.00 bits per heavy atom. The molecule has 174 valence electrons. The Bertz CT molecular complexity index is 321. The molecule has 2 N–H and O–H groups in total. The zero-order chi connectivity index (χ0) is 21.4. The topological polar surface area (TPSA) is 41.1 Å². The highest BCUT2D eigenvalue weighted by atomic mass is 16.1. The van der Waals surface area contributed by atoms with Crippen LogP contribution in [0.3, 0.4) is 0 Å². The Kier molecular flexibility index (Phi) is 23.2. The first kappa shape index (κ1) is 28.4. The van der Waals surface area contributed by atoms with Gasteiger partial charge in [0, 0.05) is 12.5 Å². The van der Waals surface area contributed by atoms with Gasteiger partial charge in [-0.1, -0.05) is 110 Å². The first-order valence-corrected chi connectivity index (χ1v) is 13.2. The molecule has 1 amide bonds. The SMILES string of the molecule is CCCCCCC(CCCCCC)C(=O)NCCCCCCCCCCCNC. The molecule has 0 aliphatic rings. The Labute approximate surface area is 183 Å². The normalized spacial score (nSPS) is 11.3. The van der Waals surface area contributed by atoms with Gasteiger partial charge in [0.2, 0.25) is 5.91 Å². The van der Waals surface area contributed by atoms with Gasteiger partial charge in [0.1, 0.15) is 0 Å². The summed E-state index contributed by atoms with van der Waals surface area (Å²) < 4.78 is 0. The lowest BCUT2D eigenvalue weighted by Gasteiger charge is -2.17. The molecule has 3 nitrogen and oxygen atoms in total. The van der Waals surface area contributed by atoms with E-state index in [-0.39, 0.29) is 5.92 Å². The third-order valence-corrected chi connectivity index (χ3v) is 6.09. The van der Waals surface area contributed by atoms with Crippen molar-refractivity contribution in [1.29, 1.82) is 0 Å². The van der Waals surface area contributed by atoms with E-state index in [1.165, 1.54) is 103 Å². The number of carbonyl (C=O) groups is 1. The molecule has 0 aromatic heterocycles. The number of hydrogen-bond acceptors (Lipinski definition) is 2. The van der Waals surface area contributed by atoms with Gasteiger partial charge in [0.05, 0.1) is 0 Å². The zero-order valence-corrected chi connectivity index (χ0v) is 20.3. The maximum absolute atomic E-state index is 12.6. The van der Waals surface area contributed by atoms with Crippen molar-refractivity contribution in [3.05, 3.63) is 0 Å². The molecule has 0 unspecified atom stereocenters. The summed E-state index contributed by atoms with van der Waals surface area (Å²) in [5.74, 6) is 0.589. The number of unbranched alkanes of at least 4 members (excludes halogenated alkanes) is 14. The average molecular weight is 411 g/mol. The van der Waals surface area contributed by atoms with Gasteiger partial charge in [-0.15, -0.1) is 0 Å². The highest BCUT2D eigenvalue weighted by molar-refractivity contribution is 5.78. The van der Waals surface area contributed by atoms with E-state index in [2.05, 4.69) is 24.5 Å². The van der Waals surface area contributed by atoms with E-state index in [4.69, 9.17) is 0 Å². The molecule has 0 fully saturated rings. The van der Waals surface area contributed by atoms with Crippen molar-refractivity contribution in [2.24, 2.45) is 5.92 Å². The lowest BCUT2D eigenvalue weighted by atomic mass is 9.93. The van der Waals surface area contributed by atoms with Crippen LogP contribution in [0.15, 0.2) is 0 Å². The van der Waals surface area contributed by atoms with E-state index < -0.39 is 0 Å². The summed E-state index contributed by atoms with van der Waals surface area (Å²) in [6.07, 6.45) is 24.2. The quantitative estimate of drug-likeness (QED) is 0.172. The van der Waals surface area contributed by atoms with Crippen molar-refractivity contribution in [3.63, 3.8) is 0 Å². The molecule has 0 bridgehead atoms. The second-order valence-corrected chi connectivity index (χ2v) is 8.97. The summed E-state index contributed by atoms with van der Waals surface area (Å²) in [6.45, 7) is 6.54. The first-order chi connectivity index (χ1) is 14.3. The maximum Gasteiger partial charge on any atom is 0.223 e. The van der Waals surface area contributed by atoms with Crippen LogP contribution in [0.1, 0.15) is 136 Å². The minimum atomic E-state index is 0.256. The Hall–Kier alpha value is -0.570. The van der Waals surface area contributed by atoms with E-state index >= 15 is 0 Å². The second-order valence-electron chi connectivity index (χ2n) is 8.97. The monoisotopic (exact) mass is 410 g/mol. The number of nitrogens with one attached hydrogen (secondary N) is 2. The van der Waals surface area contributed by atoms with Crippen molar-refractivity contribution in [3.8, 4) is 0 Å². The Morgan fingerprint density at radius 1 is 0.586 bits per heavy atom. The minimum Gasteiger partial charge on any atom is -0.356 e. The van der Waals surface area contributed by atoms with Crippen LogP contribution in [-0.2, 0) is 4.79 Å². The summed E-state index contributed by atoms with van der Waals surface area (Å²) >= 11 is 0. The number of rotatable bonds is 23. The Morgan fingerprint density at radius 3 is 1.45 bits per heavy atom. The van der Waals surface area contributed by atoms with Gasteiger partial charge in [-0.25, -0.2) is 0 Å². The average Bonchev–Trinajstić information content (AvgIpc) is 2.73. The van der Waals surface area contributed by atoms with Crippen LogP contribution in [0.2, 0.25) is 0 Å². The fraction of sp³-hybridized carbons (Fsp3) is 0.962. The molecule has 0 heterocycles. The molecule has 0 aliphatic heterocycles. The minimum absolute atomic E-state index is 0.256. The molecule has 0 atom stereocenters. The van der Waals surface area contributed by atoms with Crippen LogP contribution in [0.5, 0.6) is 0 Å². The van der Waals surface area contributed by atoms with Gasteiger partial charge in [0.15, 0.2) is 0 Å². The fourth-order valence-electron chi connectivity index (χ4n) is 4.06. The van der Waals surface area contributed by atoms with Crippen LogP contribution in [-0.4, -0.2) is 26.0 Å². The summed E-state index contributed by atoms with van der Waals surface area (Å²) in [5.41, 5.74) is 0. The highest BCUT2D eigenvalue weighted by Crippen LogP contribution is 2.19. The summed E-state index contributed by atoms with van der Waals surface area (Å²) in [4.78, 5) is 12.6. The smallest absolute Gasteiger partial charge is 0.223 e. The van der Waals surface area contributed by atoms with Crippen LogP contribution >= 0.6 is 0 Å². The van der Waals surface area contributed by atoms with Gasteiger partial charge < -0.3 is 10.6 Å². The molecular weight excluding hydrogens is 356 g/mol. The van der Waals surface area contributed by atoms with Crippen molar-refractivity contribution < 1.29 is 4.79 Å². The van der Waals surface area contributed by atoms with Crippen molar-refractivity contribution >= 4 is 5.91 Å². The molecule has 0 aliphatic carbocycles. The van der Waals surface area contributed by atoms with E-state index in [1.807, 2.05) is 7.05 Å². The van der Waals surface area contributed by atoms with E-state index in [0.717, 1.165) is 32.4 Å². The third-order valence-electron chi connectivity index (χ3n) is 6.09. The molecule has 0 saturated heterocycles. The summed E-state index contributed by atoms with van der Waals surface area (Å²) in [6, 6.07) is 0. The number of carbonyl (C=O) groups excluding carboxylic acids is 1. The molecule has 0 spiro atoms. The molecular formula is C26H54N2O. The Balaban J connectivity index is 3.73. The molecule has 0 radical (unpaired) electrons. The molecule has 0 aromatic rings. The predicted molar refractivity (Wildman–Crippen MR) is 129 cm³/mol. The lowest BCUT2D eigenvalue weighted by molar-refractivity contribution is -0.125. The molecule has 3 heteroatoms. The van der Waals surface area contributed by atoms with Crippen molar-refractivity contribution in [1.82, 2.24) is 10.6 Å². The van der Waals surface area contributed by atoms with E-state index in [0.29, 0.717) is 5.91 Å². The van der Waals surface area contributed by atoms with Crippen LogP contribution in [0.25, 0.3) is 0 Å². The maximum atomic E-state index is 12.6.